The molecule has 0 saturated carbocycles. The Hall–Kier alpha value is -0.210. The van der Waals surface area contributed by atoms with Gasteiger partial charge in [-0.2, -0.15) is 0 Å². The first kappa shape index (κ1) is 16.2. The molecule has 1 heterocycles. The molecule has 1 aromatic rings. The van der Waals surface area contributed by atoms with Crippen molar-refractivity contribution in [3.05, 3.63) is 28.2 Å². The number of alkyl halides is 1. The van der Waals surface area contributed by atoms with E-state index in [-0.39, 0.29) is 0 Å². The summed E-state index contributed by atoms with van der Waals surface area (Å²) in [6.07, 6.45) is 3.93. The van der Waals surface area contributed by atoms with Crippen LogP contribution in [-0.2, 0) is 5.88 Å². The highest BCUT2D eigenvalue weighted by atomic mass is 79.9. The summed E-state index contributed by atoms with van der Waals surface area (Å²) in [5.41, 5.74) is 2.91. The molecule has 112 valence electrons. The Balaban J connectivity index is 2.09. The lowest BCUT2D eigenvalue weighted by Gasteiger charge is -2.30. The second kappa shape index (κ2) is 6.70. The van der Waals surface area contributed by atoms with Crippen LogP contribution in [0.1, 0.15) is 45.6 Å². The average molecular weight is 359 g/mol. The van der Waals surface area contributed by atoms with Crippen LogP contribution in [0.3, 0.4) is 0 Å². The van der Waals surface area contributed by atoms with Crippen LogP contribution in [0.25, 0.3) is 0 Å². The summed E-state index contributed by atoms with van der Waals surface area (Å²) >= 11 is 9.55. The van der Waals surface area contributed by atoms with Crippen molar-refractivity contribution >= 4 is 33.2 Å². The van der Waals surface area contributed by atoms with Gasteiger partial charge in [0.25, 0.3) is 0 Å². The van der Waals surface area contributed by atoms with Gasteiger partial charge in [-0.3, -0.25) is 0 Å². The molecule has 1 fully saturated rings. The van der Waals surface area contributed by atoms with Crippen LogP contribution in [0.15, 0.2) is 22.7 Å². The summed E-state index contributed by atoms with van der Waals surface area (Å²) < 4.78 is 1.13. The average Bonchev–Trinajstić information content (AvgIpc) is 2.63. The number of rotatable bonds is 2. The quantitative estimate of drug-likeness (QED) is 0.600. The zero-order chi connectivity index (χ0) is 14.8. The third-order valence-corrected chi connectivity index (χ3v) is 5.52. The van der Waals surface area contributed by atoms with Crippen molar-refractivity contribution < 1.29 is 0 Å². The van der Waals surface area contributed by atoms with E-state index in [4.69, 9.17) is 11.6 Å². The van der Waals surface area contributed by atoms with Crippen LogP contribution < -0.4 is 4.90 Å². The van der Waals surface area contributed by atoms with Gasteiger partial charge in [-0.05, 0) is 48.3 Å². The topological polar surface area (TPSA) is 3.24 Å². The Morgan fingerprint density at radius 2 is 2.00 bits per heavy atom. The zero-order valence-electron chi connectivity index (χ0n) is 12.8. The summed E-state index contributed by atoms with van der Waals surface area (Å²) in [7, 11) is 0. The number of hydrogen-bond donors (Lipinski definition) is 0. The monoisotopic (exact) mass is 357 g/mol. The maximum atomic E-state index is 5.92. The van der Waals surface area contributed by atoms with Crippen LogP contribution in [0.2, 0.25) is 0 Å². The highest BCUT2D eigenvalue weighted by Gasteiger charge is 2.27. The van der Waals surface area contributed by atoms with Gasteiger partial charge in [0.15, 0.2) is 0 Å². The van der Waals surface area contributed by atoms with Gasteiger partial charge in [0.2, 0.25) is 0 Å². The molecule has 20 heavy (non-hydrogen) atoms. The lowest BCUT2D eigenvalue weighted by Crippen LogP contribution is -2.26. The van der Waals surface area contributed by atoms with Crippen molar-refractivity contribution in [2.75, 3.05) is 18.0 Å². The SMILES string of the molecule is CC(C)(C)C1CCCN(c2ccc(CCl)c(Br)c2)CC1. The summed E-state index contributed by atoms with van der Waals surface area (Å²) in [5, 5.41) is 0. The fourth-order valence-electron chi connectivity index (χ4n) is 3.06. The number of halogens is 2. The Kier molecular flexibility index (Phi) is 5.42. The van der Waals surface area contributed by atoms with E-state index in [1.807, 2.05) is 0 Å². The van der Waals surface area contributed by atoms with Gasteiger partial charge >= 0.3 is 0 Å². The van der Waals surface area contributed by atoms with Crippen molar-refractivity contribution in [1.82, 2.24) is 0 Å². The van der Waals surface area contributed by atoms with E-state index in [1.54, 1.807) is 0 Å². The van der Waals surface area contributed by atoms with E-state index >= 15 is 0 Å². The predicted octanol–water partition coefficient (Wildman–Crippen LogP) is 5.84. The van der Waals surface area contributed by atoms with Gasteiger partial charge in [-0.15, -0.1) is 11.6 Å². The molecule has 1 nitrogen and oxygen atoms in total. The lowest BCUT2D eigenvalue weighted by molar-refractivity contribution is 0.220. The molecule has 0 spiro atoms. The minimum Gasteiger partial charge on any atom is -0.371 e. The smallest absolute Gasteiger partial charge is 0.0485 e. The van der Waals surface area contributed by atoms with E-state index in [0.29, 0.717) is 11.3 Å². The molecule has 0 amide bonds. The predicted molar refractivity (Wildman–Crippen MR) is 92.7 cm³/mol. The van der Waals surface area contributed by atoms with Gasteiger partial charge in [0, 0.05) is 29.1 Å². The Morgan fingerprint density at radius 3 is 2.60 bits per heavy atom. The molecule has 0 aliphatic carbocycles. The summed E-state index contributed by atoms with van der Waals surface area (Å²) in [4.78, 5) is 2.52. The largest absolute Gasteiger partial charge is 0.371 e. The number of hydrogen-bond acceptors (Lipinski definition) is 1. The number of nitrogens with zero attached hydrogens (tertiary/aromatic N) is 1. The summed E-state index contributed by atoms with van der Waals surface area (Å²) in [6.45, 7) is 9.45. The highest BCUT2D eigenvalue weighted by molar-refractivity contribution is 9.10. The van der Waals surface area contributed by atoms with Crippen molar-refractivity contribution in [3.8, 4) is 0 Å². The molecular weight excluding hydrogens is 334 g/mol. The minimum absolute atomic E-state index is 0.430. The van der Waals surface area contributed by atoms with Crippen molar-refractivity contribution in [3.63, 3.8) is 0 Å². The maximum absolute atomic E-state index is 5.92. The lowest BCUT2D eigenvalue weighted by atomic mass is 9.77. The van der Waals surface area contributed by atoms with E-state index in [0.717, 1.165) is 22.5 Å². The Labute approximate surface area is 136 Å². The Morgan fingerprint density at radius 1 is 1.25 bits per heavy atom. The first-order chi connectivity index (χ1) is 9.41. The normalized spacial score (nSPS) is 20.9. The van der Waals surface area contributed by atoms with Crippen molar-refractivity contribution in [1.29, 1.82) is 0 Å². The first-order valence-corrected chi connectivity index (χ1v) is 8.84. The molecule has 0 bridgehead atoms. The molecule has 0 N–H and O–H groups in total. The second-order valence-electron chi connectivity index (χ2n) is 6.89. The Bertz CT molecular complexity index is 453. The fourth-order valence-corrected chi connectivity index (χ4v) is 3.96. The standard InChI is InChI=1S/C17H25BrClN/c1-17(2,3)14-5-4-9-20(10-8-14)15-7-6-13(12-19)16(18)11-15/h6-7,11,14H,4-5,8-10,12H2,1-3H3. The third kappa shape index (κ3) is 3.92. The highest BCUT2D eigenvalue weighted by Crippen LogP contribution is 2.35. The molecule has 2 rings (SSSR count). The molecule has 3 heteroatoms. The molecule has 1 aliphatic heterocycles. The summed E-state index contributed by atoms with van der Waals surface area (Å²) in [6, 6.07) is 6.56. The maximum Gasteiger partial charge on any atom is 0.0485 e. The van der Waals surface area contributed by atoms with Crippen molar-refractivity contribution in [2.24, 2.45) is 11.3 Å². The molecule has 1 aliphatic rings. The minimum atomic E-state index is 0.430. The first-order valence-electron chi connectivity index (χ1n) is 7.51. The molecule has 1 saturated heterocycles. The third-order valence-electron chi connectivity index (χ3n) is 4.50. The van der Waals surface area contributed by atoms with Crippen LogP contribution in [0.5, 0.6) is 0 Å². The van der Waals surface area contributed by atoms with Gasteiger partial charge in [0.05, 0.1) is 0 Å². The molecule has 0 aromatic heterocycles. The molecule has 1 aromatic carbocycles. The molecule has 0 radical (unpaired) electrons. The van der Waals surface area contributed by atoms with Gasteiger partial charge in [0.1, 0.15) is 0 Å². The van der Waals surface area contributed by atoms with E-state index in [1.165, 1.54) is 31.5 Å². The van der Waals surface area contributed by atoms with Crippen molar-refractivity contribution in [2.45, 2.75) is 45.9 Å². The molecular formula is C17H25BrClN. The summed E-state index contributed by atoms with van der Waals surface area (Å²) in [5.74, 6) is 1.39. The molecule has 1 atom stereocenters. The van der Waals surface area contributed by atoms with Gasteiger partial charge in [-0.25, -0.2) is 0 Å². The van der Waals surface area contributed by atoms with Crippen LogP contribution in [0.4, 0.5) is 5.69 Å². The second-order valence-corrected chi connectivity index (χ2v) is 8.01. The van der Waals surface area contributed by atoms with Crippen LogP contribution >= 0.6 is 27.5 Å². The zero-order valence-corrected chi connectivity index (χ0v) is 15.1. The van der Waals surface area contributed by atoms with Gasteiger partial charge < -0.3 is 4.90 Å². The molecule has 1 unspecified atom stereocenters. The number of anilines is 1. The van der Waals surface area contributed by atoms with E-state index in [9.17, 15) is 0 Å². The van der Waals surface area contributed by atoms with E-state index in [2.05, 4.69) is 59.8 Å². The van der Waals surface area contributed by atoms with Crippen LogP contribution in [0, 0.1) is 11.3 Å². The van der Waals surface area contributed by atoms with E-state index < -0.39 is 0 Å². The van der Waals surface area contributed by atoms with Gasteiger partial charge in [-0.1, -0.05) is 42.8 Å². The van der Waals surface area contributed by atoms with Crippen LogP contribution in [-0.4, -0.2) is 13.1 Å². The fraction of sp³-hybridized carbons (Fsp3) is 0.647. The number of benzene rings is 1.